The maximum Gasteiger partial charge on any atom is 0.134 e. The van der Waals surface area contributed by atoms with Crippen LogP contribution in [0.3, 0.4) is 0 Å². The van der Waals surface area contributed by atoms with Gasteiger partial charge in [-0.25, -0.2) is 0 Å². The van der Waals surface area contributed by atoms with Crippen LogP contribution in [0.4, 0.5) is 0 Å². The predicted octanol–water partition coefficient (Wildman–Crippen LogP) is 3.45. The molecule has 0 fully saturated rings. The summed E-state index contributed by atoms with van der Waals surface area (Å²) < 4.78 is 10.7. The van der Waals surface area contributed by atoms with Crippen molar-refractivity contribution in [1.29, 1.82) is 0 Å². The van der Waals surface area contributed by atoms with Crippen LogP contribution in [0.15, 0.2) is 41.0 Å². The molecule has 0 saturated carbocycles. The molecule has 0 aliphatic rings. The van der Waals surface area contributed by atoms with E-state index in [0.717, 1.165) is 36.6 Å². The van der Waals surface area contributed by atoms with E-state index in [9.17, 15) is 0 Å². The molecule has 3 heteroatoms. The van der Waals surface area contributed by atoms with Crippen molar-refractivity contribution in [2.24, 2.45) is 0 Å². The van der Waals surface area contributed by atoms with Gasteiger partial charge in [0.05, 0.1) is 13.4 Å². The van der Waals surface area contributed by atoms with Crippen LogP contribution in [0.2, 0.25) is 0 Å². The lowest BCUT2D eigenvalue weighted by atomic mass is 10.0. The summed E-state index contributed by atoms with van der Waals surface area (Å²) in [5, 5.41) is 3.41. The summed E-state index contributed by atoms with van der Waals surface area (Å²) >= 11 is 0. The Labute approximate surface area is 108 Å². The molecule has 2 rings (SSSR count). The minimum Gasteiger partial charge on any atom is -0.497 e. The molecule has 0 aliphatic heterocycles. The Morgan fingerprint density at radius 1 is 1.28 bits per heavy atom. The molecule has 0 saturated heterocycles. The van der Waals surface area contributed by atoms with Gasteiger partial charge in [0.1, 0.15) is 11.5 Å². The van der Waals surface area contributed by atoms with Gasteiger partial charge in [0, 0.05) is 12.1 Å². The first-order chi connectivity index (χ1) is 8.85. The highest BCUT2D eigenvalue weighted by atomic mass is 16.5. The van der Waals surface area contributed by atoms with Gasteiger partial charge >= 0.3 is 0 Å². The molecule has 18 heavy (non-hydrogen) atoms. The van der Waals surface area contributed by atoms with E-state index < -0.39 is 0 Å². The van der Waals surface area contributed by atoms with Gasteiger partial charge in [0.15, 0.2) is 0 Å². The molecule has 0 aliphatic carbocycles. The molecule has 1 aromatic carbocycles. The van der Waals surface area contributed by atoms with Crippen molar-refractivity contribution >= 4 is 0 Å². The van der Waals surface area contributed by atoms with Crippen LogP contribution < -0.4 is 10.1 Å². The topological polar surface area (TPSA) is 34.4 Å². The van der Waals surface area contributed by atoms with E-state index in [-0.39, 0.29) is 0 Å². The molecule has 0 unspecified atom stereocenters. The number of methoxy groups -OCH3 is 1. The van der Waals surface area contributed by atoms with Gasteiger partial charge < -0.3 is 14.5 Å². The lowest BCUT2D eigenvalue weighted by molar-refractivity contribution is 0.414. The third-order valence-corrected chi connectivity index (χ3v) is 2.84. The summed E-state index contributed by atoms with van der Waals surface area (Å²) in [5.74, 6) is 1.77. The summed E-state index contributed by atoms with van der Waals surface area (Å²) in [6, 6.07) is 9.94. The minimum atomic E-state index is 0.821. The fourth-order valence-electron chi connectivity index (χ4n) is 1.92. The zero-order valence-corrected chi connectivity index (χ0v) is 10.9. The van der Waals surface area contributed by atoms with Gasteiger partial charge in [0.25, 0.3) is 0 Å². The second-order valence-electron chi connectivity index (χ2n) is 4.18. The van der Waals surface area contributed by atoms with Gasteiger partial charge in [0.2, 0.25) is 0 Å². The monoisotopic (exact) mass is 245 g/mol. The fraction of sp³-hybridized carbons (Fsp3) is 0.333. The van der Waals surface area contributed by atoms with Gasteiger partial charge in [-0.15, -0.1) is 0 Å². The number of ether oxygens (including phenoxy) is 1. The van der Waals surface area contributed by atoms with Crippen LogP contribution in [0, 0.1) is 0 Å². The van der Waals surface area contributed by atoms with Crippen molar-refractivity contribution < 1.29 is 9.15 Å². The molecule has 0 radical (unpaired) electrons. The van der Waals surface area contributed by atoms with Crippen molar-refractivity contribution in [2.45, 2.75) is 19.9 Å². The summed E-state index contributed by atoms with van der Waals surface area (Å²) in [5.41, 5.74) is 2.31. The standard InChI is InChI=1S/C15H19NO2/c1-3-8-16-11-12-10-13(17-2)6-7-14(12)15-5-4-9-18-15/h4-7,9-10,16H,3,8,11H2,1-2H3. The largest absolute Gasteiger partial charge is 0.497 e. The Hall–Kier alpha value is -1.74. The molecular weight excluding hydrogens is 226 g/mol. The zero-order chi connectivity index (χ0) is 12.8. The Kier molecular flexibility index (Phi) is 4.42. The number of furan rings is 1. The highest BCUT2D eigenvalue weighted by Crippen LogP contribution is 2.27. The van der Waals surface area contributed by atoms with Crippen LogP contribution in [-0.4, -0.2) is 13.7 Å². The molecule has 1 heterocycles. The van der Waals surface area contributed by atoms with E-state index in [1.165, 1.54) is 5.56 Å². The number of benzene rings is 1. The number of hydrogen-bond acceptors (Lipinski definition) is 3. The highest BCUT2D eigenvalue weighted by Gasteiger charge is 2.08. The Balaban J connectivity index is 2.27. The third kappa shape index (κ3) is 2.93. The smallest absolute Gasteiger partial charge is 0.134 e. The van der Waals surface area contributed by atoms with Crippen LogP contribution in [0.25, 0.3) is 11.3 Å². The highest BCUT2D eigenvalue weighted by molar-refractivity contribution is 5.63. The lowest BCUT2D eigenvalue weighted by Gasteiger charge is -2.10. The fourth-order valence-corrected chi connectivity index (χ4v) is 1.92. The summed E-state index contributed by atoms with van der Waals surface area (Å²) in [6.45, 7) is 3.99. The predicted molar refractivity (Wildman–Crippen MR) is 72.7 cm³/mol. The number of rotatable bonds is 6. The van der Waals surface area contributed by atoms with E-state index in [2.05, 4.69) is 18.3 Å². The zero-order valence-electron chi connectivity index (χ0n) is 10.9. The summed E-state index contributed by atoms with van der Waals surface area (Å²) in [7, 11) is 1.69. The van der Waals surface area contributed by atoms with E-state index in [1.807, 2.05) is 24.3 Å². The van der Waals surface area contributed by atoms with Crippen LogP contribution in [0.1, 0.15) is 18.9 Å². The normalized spacial score (nSPS) is 10.6. The quantitative estimate of drug-likeness (QED) is 0.791. The van der Waals surface area contributed by atoms with E-state index >= 15 is 0 Å². The van der Waals surface area contributed by atoms with E-state index in [1.54, 1.807) is 13.4 Å². The van der Waals surface area contributed by atoms with Gasteiger partial charge in [-0.1, -0.05) is 6.92 Å². The maximum atomic E-state index is 5.47. The molecule has 3 nitrogen and oxygen atoms in total. The molecular formula is C15H19NO2. The lowest BCUT2D eigenvalue weighted by Crippen LogP contribution is -2.14. The van der Waals surface area contributed by atoms with Gasteiger partial charge in [-0.3, -0.25) is 0 Å². The Bertz CT molecular complexity index is 477. The van der Waals surface area contributed by atoms with Gasteiger partial charge in [-0.05, 0) is 48.9 Å². The summed E-state index contributed by atoms with van der Waals surface area (Å²) in [6.07, 6.45) is 2.82. The first-order valence-electron chi connectivity index (χ1n) is 6.26. The molecule has 96 valence electrons. The molecule has 0 amide bonds. The second kappa shape index (κ2) is 6.26. The first kappa shape index (κ1) is 12.7. The second-order valence-corrected chi connectivity index (χ2v) is 4.18. The SMILES string of the molecule is CCCNCc1cc(OC)ccc1-c1ccco1. The Morgan fingerprint density at radius 2 is 2.17 bits per heavy atom. The van der Waals surface area contributed by atoms with E-state index in [4.69, 9.17) is 9.15 Å². The number of nitrogens with one attached hydrogen (secondary N) is 1. The Morgan fingerprint density at radius 3 is 2.83 bits per heavy atom. The van der Waals surface area contributed by atoms with Crippen molar-refractivity contribution in [1.82, 2.24) is 5.32 Å². The average Bonchev–Trinajstić information content (AvgIpc) is 2.92. The minimum absolute atomic E-state index is 0.821. The van der Waals surface area contributed by atoms with Crippen molar-refractivity contribution in [2.75, 3.05) is 13.7 Å². The molecule has 1 N–H and O–H groups in total. The van der Waals surface area contributed by atoms with Crippen LogP contribution in [0.5, 0.6) is 5.75 Å². The van der Waals surface area contributed by atoms with Gasteiger partial charge in [-0.2, -0.15) is 0 Å². The van der Waals surface area contributed by atoms with Crippen LogP contribution >= 0.6 is 0 Å². The molecule has 0 bridgehead atoms. The third-order valence-electron chi connectivity index (χ3n) is 2.84. The van der Waals surface area contributed by atoms with E-state index in [0.29, 0.717) is 0 Å². The summed E-state index contributed by atoms with van der Waals surface area (Å²) in [4.78, 5) is 0. The first-order valence-corrected chi connectivity index (χ1v) is 6.26. The maximum absolute atomic E-state index is 5.47. The van der Waals surface area contributed by atoms with Crippen LogP contribution in [-0.2, 0) is 6.54 Å². The molecule has 1 aromatic heterocycles. The van der Waals surface area contributed by atoms with Crippen molar-refractivity contribution in [3.63, 3.8) is 0 Å². The molecule has 2 aromatic rings. The van der Waals surface area contributed by atoms with Crippen molar-refractivity contribution in [3.05, 3.63) is 42.2 Å². The average molecular weight is 245 g/mol. The molecule has 0 spiro atoms. The molecule has 0 atom stereocenters. The van der Waals surface area contributed by atoms with Crippen molar-refractivity contribution in [3.8, 4) is 17.1 Å². The number of hydrogen-bond donors (Lipinski definition) is 1.